The molecule has 0 aliphatic rings. The molecular weight excluding hydrogens is 350 g/mol. The summed E-state index contributed by atoms with van der Waals surface area (Å²) in [6, 6.07) is 11.0. The molecule has 0 saturated carbocycles. The maximum absolute atomic E-state index is 8.75. The molecule has 0 bridgehead atoms. The number of hydrogen-bond acceptors (Lipinski definition) is 4. The minimum Gasteiger partial charge on any atom is -0.494 e. The minimum absolute atomic E-state index is 0.0739. The summed E-state index contributed by atoms with van der Waals surface area (Å²) in [7, 11) is 0. The second-order valence-electron chi connectivity index (χ2n) is 5.66. The van der Waals surface area contributed by atoms with Gasteiger partial charge in [-0.1, -0.05) is 24.4 Å². The molecule has 1 aromatic carbocycles. The zero-order valence-electron chi connectivity index (χ0n) is 14.5. The number of benzene rings is 1. The van der Waals surface area contributed by atoms with Crippen molar-refractivity contribution in [2.75, 3.05) is 18.1 Å². The number of nitrogens with zero attached hydrogens (tertiary/aromatic N) is 3. The van der Waals surface area contributed by atoms with Crippen LogP contribution in [-0.4, -0.2) is 24.1 Å². The number of anilines is 1. The topological polar surface area (TPSA) is 85.0 Å². The molecule has 0 radical (unpaired) electrons. The van der Waals surface area contributed by atoms with Crippen LogP contribution in [0.5, 0.6) is 5.75 Å². The van der Waals surface area contributed by atoms with Gasteiger partial charge in [0.15, 0.2) is 6.19 Å². The third-order valence-electron chi connectivity index (χ3n) is 3.78. The van der Waals surface area contributed by atoms with E-state index in [2.05, 4.69) is 10.3 Å². The van der Waals surface area contributed by atoms with Crippen molar-refractivity contribution in [3.63, 3.8) is 0 Å². The monoisotopic (exact) mass is 371 g/mol. The fourth-order valence-corrected chi connectivity index (χ4v) is 2.59. The highest BCUT2D eigenvalue weighted by molar-refractivity contribution is 6.30. The fourth-order valence-electron chi connectivity index (χ4n) is 2.46. The molecule has 1 aromatic heterocycles. The summed E-state index contributed by atoms with van der Waals surface area (Å²) in [4.78, 5) is 5.76. The van der Waals surface area contributed by atoms with Gasteiger partial charge in [-0.05, 0) is 49.2 Å². The Balaban J connectivity index is 1.68. The van der Waals surface area contributed by atoms with Crippen molar-refractivity contribution >= 4 is 23.2 Å². The van der Waals surface area contributed by atoms with Gasteiger partial charge in [-0.2, -0.15) is 5.26 Å². The number of pyridine rings is 1. The molecule has 0 aliphatic heterocycles. The van der Waals surface area contributed by atoms with Crippen molar-refractivity contribution in [2.45, 2.75) is 25.7 Å². The van der Waals surface area contributed by atoms with E-state index in [-0.39, 0.29) is 5.96 Å². The van der Waals surface area contributed by atoms with E-state index < -0.39 is 0 Å². The van der Waals surface area contributed by atoms with Gasteiger partial charge in [0.05, 0.1) is 6.61 Å². The maximum atomic E-state index is 8.75. The molecule has 1 heterocycles. The van der Waals surface area contributed by atoms with Crippen LogP contribution in [0.1, 0.15) is 25.7 Å². The molecule has 0 aliphatic carbocycles. The van der Waals surface area contributed by atoms with Crippen molar-refractivity contribution in [1.29, 1.82) is 10.7 Å². The number of rotatable bonds is 9. The Labute approximate surface area is 158 Å². The Hall–Kier alpha value is -2.78. The summed E-state index contributed by atoms with van der Waals surface area (Å²) < 4.78 is 5.67. The van der Waals surface area contributed by atoms with E-state index in [4.69, 9.17) is 27.0 Å². The molecule has 136 valence electrons. The molecule has 7 heteroatoms. The molecule has 0 fully saturated rings. The van der Waals surface area contributed by atoms with E-state index in [0.29, 0.717) is 18.2 Å². The summed E-state index contributed by atoms with van der Waals surface area (Å²) in [5, 5.41) is 19.8. The molecule has 0 spiro atoms. The fraction of sp³-hybridized carbons (Fsp3) is 0.316. The van der Waals surface area contributed by atoms with Crippen LogP contribution < -0.4 is 15.0 Å². The smallest absolute Gasteiger partial charge is 0.209 e. The molecule has 0 unspecified atom stereocenters. The second-order valence-corrected chi connectivity index (χ2v) is 6.10. The zero-order chi connectivity index (χ0) is 18.6. The summed E-state index contributed by atoms with van der Waals surface area (Å²) in [5.74, 6) is 0.902. The number of halogens is 1. The molecule has 6 nitrogen and oxygen atoms in total. The van der Waals surface area contributed by atoms with E-state index in [1.807, 2.05) is 36.4 Å². The average Bonchev–Trinajstić information content (AvgIpc) is 2.66. The summed E-state index contributed by atoms with van der Waals surface area (Å²) in [5.41, 5.74) is 0.846. The first-order valence-corrected chi connectivity index (χ1v) is 8.88. The number of unbranched alkanes of at least 4 members (excludes halogenated alkanes) is 3. The Bertz CT molecular complexity index is 715. The van der Waals surface area contributed by atoms with Gasteiger partial charge in [-0.15, -0.1) is 0 Å². The van der Waals surface area contributed by atoms with Crippen LogP contribution in [0.2, 0.25) is 5.02 Å². The Morgan fingerprint density at radius 3 is 2.50 bits per heavy atom. The number of ether oxygens (including phenoxy) is 1. The first kappa shape index (κ1) is 19.5. The molecule has 0 amide bonds. The molecule has 26 heavy (non-hydrogen) atoms. The van der Waals surface area contributed by atoms with Crippen molar-refractivity contribution in [2.24, 2.45) is 0 Å². The standard InChI is InChI=1S/C19H22ClN5O/c20-16-5-7-18(8-6-16)26-14-4-2-1-3-13-25(19(22)24-15-21)17-9-11-23-12-10-17/h5-12H,1-4,13-14H2,(H2,22,24). The van der Waals surface area contributed by atoms with E-state index in [9.17, 15) is 0 Å². The summed E-state index contributed by atoms with van der Waals surface area (Å²) >= 11 is 5.84. The lowest BCUT2D eigenvalue weighted by Gasteiger charge is -2.23. The average molecular weight is 372 g/mol. The van der Waals surface area contributed by atoms with E-state index >= 15 is 0 Å². The molecule has 0 atom stereocenters. The molecule has 2 rings (SSSR count). The maximum Gasteiger partial charge on any atom is 0.209 e. The van der Waals surface area contributed by atoms with Gasteiger partial charge in [0.2, 0.25) is 5.96 Å². The predicted molar refractivity (Wildman–Crippen MR) is 103 cm³/mol. The van der Waals surface area contributed by atoms with Crippen LogP contribution in [0.25, 0.3) is 0 Å². The largest absolute Gasteiger partial charge is 0.494 e. The Morgan fingerprint density at radius 2 is 1.81 bits per heavy atom. The molecular formula is C19H22ClN5O. The zero-order valence-corrected chi connectivity index (χ0v) is 15.2. The lowest BCUT2D eigenvalue weighted by molar-refractivity contribution is 0.305. The van der Waals surface area contributed by atoms with Gasteiger partial charge >= 0.3 is 0 Å². The summed E-state index contributed by atoms with van der Waals surface area (Å²) in [6.07, 6.45) is 9.09. The molecule has 0 saturated heterocycles. The van der Waals surface area contributed by atoms with Gasteiger partial charge in [0, 0.05) is 29.6 Å². The van der Waals surface area contributed by atoms with Gasteiger partial charge < -0.3 is 9.64 Å². The normalized spacial score (nSPS) is 10.0. The van der Waals surface area contributed by atoms with E-state index in [1.165, 1.54) is 0 Å². The predicted octanol–water partition coefficient (Wildman–Crippen LogP) is 4.19. The van der Waals surface area contributed by atoms with Gasteiger partial charge in [0.25, 0.3) is 0 Å². The van der Waals surface area contributed by atoms with Crippen molar-refractivity contribution in [3.8, 4) is 11.9 Å². The Kier molecular flexibility index (Phi) is 8.24. The lowest BCUT2D eigenvalue weighted by Crippen LogP contribution is -2.39. The first-order valence-electron chi connectivity index (χ1n) is 8.50. The third-order valence-corrected chi connectivity index (χ3v) is 4.03. The van der Waals surface area contributed by atoms with Crippen LogP contribution in [0, 0.1) is 16.9 Å². The lowest BCUT2D eigenvalue weighted by atomic mass is 10.2. The minimum atomic E-state index is 0.0739. The van der Waals surface area contributed by atoms with Crippen LogP contribution in [0.4, 0.5) is 5.69 Å². The van der Waals surface area contributed by atoms with E-state index in [0.717, 1.165) is 37.1 Å². The second kappa shape index (κ2) is 11.0. The van der Waals surface area contributed by atoms with Crippen molar-refractivity contribution < 1.29 is 4.74 Å². The van der Waals surface area contributed by atoms with Crippen molar-refractivity contribution in [3.05, 3.63) is 53.8 Å². The highest BCUT2D eigenvalue weighted by atomic mass is 35.5. The van der Waals surface area contributed by atoms with Gasteiger partial charge in [0.1, 0.15) is 5.75 Å². The van der Waals surface area contributed by atoms with Gasteiger partial charge in [-0.3, -0.25) is 15.7 Å². The van der Waals surface area contributed by atoms with Crippen LogP contribution in [-0.2, 0) is 0 Å². The number of guanidine groups is 1. The van der Waals surface area contributed by atoms with Crippen LogP contribution >= 0.6 is 11.6 Å². The van der Waals surface area contributed by atoms with Gasteiger partial charge in [-0.25, -0.2) is 0 Å². The summed E-state index contributed by atoms with van der Waals surface area (Å²) in [6.45, 7) is 1.33. The highest BCUT2D eigenvalue weighted by Gasteiger charge is 2.11. The Morgan fingerprint density at radius 1 is 1.12 bits per heavy atom. The third kappa shape index (κ3) is 6.61. The first-order chi connectivity index (χ1) is 12.7. The van der Waals surface area contributed by atoms with Crippen molar-refractivity contribution in [1.82, 2.24) is 10.3 Å². The number of nitriles is 1. The van der Waals surface area contributed by atoms with Crippen LogP contribution in [0.15, 0.2) is 48.8 Å². The molecule has 2 N–H and O–H groups in total. The quantitative estimate of drug-likeness (QED) is 0.227. The van der Waals surface area contributed by atoms with E-state index in [1.54, 1.807) is 23.5 Å². The molecule has 2 aromatic rings. The van der Waals surface area contributed by atoms with Crippen LogP contribution in [0.3, 0.4) is 0 Å². The number of aromatic nitrogens is 1. The number of hydrogen-bond donors (Lipinski definition) is 2. The SMILES string of the molecule is N#CNC(=N)N(CCCCCCOc1ccc(Cl)cc1)c1ccncc1. The number of nitrogens with one attached hydrogen (secondary N) is 2. The highest BCUT2D eigenvalue weighted by Crippen LogP contribution is 2.16.